The van der Waals surface area contributed by atoms with E-state index >= 15 is 0 Å². The van der Waals surface area contributed by atoms with E-state index in [1.165, 1.54) is 0 Å². The highest BCUT2D eigenvalue weighted by Crippen LogP contribution is 2.40. The number of rotatable bonds is 3. The second-order valence-electron chi connectivity index (χ2n) is 6.78. The Kier molecular flexibility index (Phi) is 3.71. The lowest BCUT2D eigenvalue weighted by Crippen LogP contribution is -2.62. The van der Waals surface area contributed by atoms with Crippen LogP contribution in [0, 0.1) is 5.92 Å². The topological polar surface area (TPSA) is 78.9 Å². The van der Waals surface area contributed by atoms with Crippen LogP contribution in [0.15, 0.2) is 0 Å². The van der Waals surface area contributed by atoms with Crippen LogP contribution in [-0.4, -0.2) is 52.3 Å². The summed E-state index contributed by atoms with van der Waals surface area (Å²) in [6.45, 7) is 8.32. The van der Waals surface area contributed by atoms with Gasteiger partial charge in [-0.2, -0.15) is 0 Å². The van der Waals surface area contributed by atoms with E-state index in [0.29, 0.717) is 13.1 Å². The lowest BCUT2D eigenvalue weighted by Gasteiger charge is -2.42. The minimum atomic E-state index is -1.16. The molecule has 0 aromatic carbocycles. The summed E-state index contributed by atoms with van der Waals surface area (Å²) in [6, 6.07) is -0.315. The Bertz CT molecular complexity index is 419. The number of carbonyl (C=O) groups is 2. The molecule has 6 nitrogen and oxygen atoms in total. The third kappa shape index (κ3) is 3.06. The van der Waals surface area contributed by atoms with Gasteiger partial charge in [-0.15, -0.1) is 0 Å². The summed E-state index contributed by atoms with van der Waals surface area (Å²) in [7, 11) is 0. The van der Waals surface area contributed by atoms with E-state index in [1.54, 1.807) is 11.8 Å². The maximum absolute atomic E-state index is 12.4. The molecular formula is C14H24N2O4. The second-order valence-corrected chi connectivity index (χ2v) is 6.78. The van der Waals surface area contributed by atoms with Crippen LogP contribution in [0.4, 0.5) is 4.79 Å². The predicted octanol–water partition coefficient (Wildman–Crippen LogP) is 1.45. The number of carboxylic acid groups (broad SMARTS) is 1. The van der Waals surface area contributed by atoms with Crippen molar-refractivity contribution in [2.75, 3.05) is 13.1 Å². The molecule has 0 spiro atoms. The summed E-state index contributed by atoms with van der Waals surface area (Å²) in [6.07, 6.45) is 1.66. The van der Waals surface area contributed by atoms with Crippen LogP contribution in [0.5, 0.6) is 0 Å². The zero-order valence-corrected chi connectivity index (χ0v) is 12.6. The van der Waals surface area contributed by atoms with Crippen LogP contribution in [0.3, 0.4) is 0 Å². The number of carbonyl (C=O) groups excluding carboxylic acids is 1. The standard InChI is InChI=1S/C14H24N2O4/c1-9-7-16(8-13(2,3)20-9)12(19)15-14(4,11(17)18)10-5-6-10/h9-10H,5-8H2,1-4H3,(H,15,19)(H,17,18). The Morgan fingerprint density at radius 3 is 2.45 bits per heavy atom. The first-order valence-electron chi connectivity index (χ1n) is 7.12. The first-order chi connectivity index (χ1) is 9.14. The summed E-state index contributed by atoms with van der Waals surface area (Å²) < 4.78 is 5.75. The normalized spacial score (nSPS) is 28.6. The summed E-state index contributed by atoms with van der Waals surface area (Å²) in [5, 5.41) is 12.1. The van der Waals surface area contributed by atoms with Crippen molar-refractivity contribution in [2.45, 2.75) is 57.8 Å². The fraction of sp³-hybridized carbons (Fsp3) is 0.857. The van der Waals surface area contributed by atoms with Crippen LogP contribution >= 0.6 is 0 Å². The molecule has 2 rings (SSSR count). The van der Waals surface area contributed by atoms with Gasteiger partial charge >= 0.3 is 12.0 Å². The fourth-order valence-electron chi connectivity index (χ4n) is 2.90. The predicted molar refractivity (Wildman–Crippen MR) is 73.5 cm³/mol. The van der Waals surface area contributed by atoms with Gasteiger partial charge in [0.05, 0.1) is 18.2 Å². The van der Waals surface area contributed by atoms with Crippen molar-refractivity contribution in [3.05, 3.63) is 0 Å². The van der Waals surface area contributed by atoms with Crippen molar-refractivity contribution in [2.24, 2.45) is 5.92 Å². The van der Waals surface area contributed by atoms with Crippen LogP contribution in [0.1, 0.15) is 40.5 Å². The molecule has 114 valence electrons. The lowest BCUT2D eigenvalue weighted by molar-refractivity contribution is -0.145. The highest BCUT2D eigenvalue weighted by molar-refractivity contribution is 5.86. The molecule has 0 aromatic rings. The molecule has 1 aliphatic heterocycles. The highest BCUT2D eigenvalue weighted by atomic mass is 16.5. The number of aliphatic carboxylic acids is 1. The molecule has 0 bridgehead atoms. The van der Waals surface area contributed by atoms with E-state index in [1.807, 2.05) is 20.8 Å². The first kappa shape index (κ1) is 15.1. The van der Waals surface area contributed by atoms with Gasteiger partial charge in [0.25, 0.3) is 0 Å². The molecule has 2 amide bonds. The molecule has 2 unspecified atom stereocenters. The Morgan fingerprint density at radius 1 is 1.40 bits per heavy atom. The number of nitrogens with zero attached hydrogens (tertiary/aromatic N) is 1. The number of carboxylic acids is 1. The average Bonchev–Trinajstić information content (AvgIpc) is 3.09. The molecule has 2 N–H and O–H groups in total. The third-order valence-electron chi connectivity index (χ3n) is 4.06. The quantitative estimate of drug-likeness (QED) is 0.822. The van der Waals surface area contributed by atoms with E-state index in [-0.39, 0.29) is 18.1 Å². The minimum Gasteiger partial charge on any atom is -0.480 e. The van der Waals surface area contributed by atoms with Crippen molar-refractivity contribution in [1.29, 1.82) is 0 Å². The van der Waals surface area contributed by atoms with Crippen molar-refractivity contribution >= 4 is 12.0 Å². The number of morpholine rings is 1. The number of ether oxygens (including phenoxy) is 1. The summed E-state index contributed by atoms with van der Waals surface area (Å²) in [5.41, 5.74) is -1.57. The summed E-state index contributed by atoms with van der Waals surface area (Å²) in [5.74, 6) is -0.927. The molecule has 1 aliphatic carbocycles. The molecule has 1 saturated heterocycles. The van der Waals surface area contributed by atoms with Gasteiger partial charge in [0.1, 0.15) is 5.54 Å². The lowest BCUT2D eigenvalue weighted by atomic mass is 9.96. The summed E-state index contributed by atoms with van der Waals surface area (Å²) >= 11 is 0. The number of hydrogen-bond acceptors (Lipinski definition) is 3. The largest absolute Gasteiger partial charge is 0.480 e. The van der Waals surface area contributed by atoms with Crippen molar-refractivity contribution in [1.82, 2.24) is 10.2 Å². The maximum atomic E-state index is 12.4. The van der Waals surface area contributed by atoms with Crippen LogP contribution < -0.4 is 5.32 Å². The van der Waals surface area contributed by atoms with Gasteiger partial charge in [-0.1, -0.05) is 0 Å². The van der Waals surface area contributed by atoms with Gasteiger partial charge in [-0.25, -0.2) is 9.59 Å². The van der Waals surface area contributed by atoms with Gasteiger partial charge in [0.15, 0.2) is 0 Å². The number of amides is 2. The fourth-order valence-corrected chi connectivity index (χ4v) is 2.90. The molecule has 2 fully saturated rings. The molecule has 2 aliphatic rings. The Balaban J connectivity index is 2.05. The maximum Gasteiger partial charge on any atom is 0.329 e. The number of nitrogens with one attached hydrogen (secondary N) is 1. The molecule has 2 atom stereocenters. The molecule has 1 heterocycles. The molecule has 1 saturated carbocycles. The van der Waals surface area contributed by atoms with Crippen molar-refractivity contribution in [3.8, 4) is 0 Å². The van der Waals surface area contributed by atoms with E-state index in [4.69, 9.17) is 4.74 Å². The highest BCUT2D eigenvalue weighted by Gasteiger charge is 2.49. The second kappa shape index (κ2) is 4.91. The third-order valence-corrected chi connectivity index (χ3v) is 4.06. The molecule has 6 heteroatoms. The average molecular weight is 284 g/mol. The van der Waals surface area contributed by atoms with Crippen LogP contribution in [0.2, 0.25) is 0 Å². The Hall–Kier alpha value is -1.30. The molecule has 0 radical (unpaired) electrons. The molecule has 0 aromatic heterocycles. The molecular weight excluding hydrogens is 260 g/mol. The van der Waals surface area contributed by atoms with Gasteiger partial charge in [-0.3, -0.25) is 0 Å². The van der Waals surface area contributed by atoms with E-state index in [9.17, 15) is 14.7 Å². The van der Waals surface area contributed by atoms with E-state index in [0.717, 1.165) is 12.8 Å². The van der Waals surface area contributed by atoms with Gasteiger partial charge in [-0.05, 0) is 46.5 Å². The Labute approximate surface area is 119 Å². The van der Waals surface area contributed by atoms with E-state index in [2.05, 4.69) is 5.32 Å². The zero-order chi connectivity index (χ0) is 15.1. The first-order valence-corrected chi connectivity index (χ1v) is 7.12. The number of urea groups is 1. The minimum absolute atomic E-state index is 0.0374. The van der Waals surface area contributed by atoms with Gasteiger partial charge < -0.3 is 20.1 Å². The van der Waals surface area contributed by atoms with Gasteiger partial charge in [0, 0.05) is 6.54 Å². The van der Waals surface area contributed by atoms with Crippen molar-refractivity contribution in [3.63, 3.8) is 0 Å². The number of hydrogen-bond donors (Lipinski definition) is 2. The Morgan fingerprint density at radius 2 is 2.00 bits per heavy atom. The van der Waals surface area contributed by atoms with E-state index < -0.39 is 17.1 Å². The molecule has 20 heavy (non-hydrogen) atoms. The van der Waals surface area contributed by atoms with Gasteiger partial charge in [0.2, 0.25) is 0 Å². The van der Waals surface area contributed by atoms with Crippen LogP contribution in [-0.2, 0) is 9.53 Å². The smallest absolute Gasteiger partial charge is 0.329 e. The zero-order valence-electron chi connectivity index (χ0n) is 12.6. The van der Waals surface area contributed by atoms with Crippen LogP contribution in [0.25, 0.3) is 0 Å². The summed E-state index contributed by atoms with van der Waals surface area (Å²) in [4.78, 5) is 25.5. The van der Waals surface area contributed by atoms with Crippen molar-refractivity contribution < 1.29 is 19.4 Å². The SMILES string of the molecule is CC1CN(C(=O)NC(C)(C(=O)O)C2CC2)CC(C)(C)O1. The monoisotopic (exact) mass is 284 g/mol.